The quantitative estimate of drug-likeness (QED) is 0.231. The lowest BCUT2D eigenvalue weighted by atomic mass is 10.1. The number of rotatable bonds is 11. The third-order valence-electron chi connectivity index (χ3n) is 5.37. The Hall–Kier alpha value is -3.27. The fraction of sp³-hybridized carbons (Fsp3) is 0.308. The number of hydrogen-bond acceptors (Lipinski definition) is 6. The van der Waals surface area contributed by atoms with Crippen LogP contribution < -0.4 is 19.5 Å². The van der Waals surface area contributed by atoms with Crippen LogP contribution in [-0.4, -0.2) is 50.6 Å². The molecule has 1 atom stereocenters. The lowest BCUT2D eigenvalue weighted by molar-refractivity contribution is 0.172. The number of aliphatic hydroxyl groups is 1. The van der Waals surface area contributed by atoms with Crippen molar-refractivity contribution in [3.8, 4) is 11.5 Å². The number of nitrogens with one attached hydrogen (secondary N) is 3. The summed E-state index contributed by atoms with van der Waals surface area (Å²) in [5, 5.41) is 15.8. The van der Waals surface area contributed by atoms with Crippen molar-refractivity contribution in [3.05, 3.63) is 66.2 Å². The third-order valence-corrected chi connectivity index (χ3v) is 5.98. The molecule has 0 unspecified atom stereocenters. The molecule has 0 aliphatic carbocycles. The maximum atomic E-state index is 11.4. The Kier molecular flexibility index (Phi) is 7.49. The maximum absolute atomic E-state index is 11.4. The van der Waals surface area contributed by atoms with E-state index in [2.05, 4.69) is 21.1 Å². The van der Waals surface area contributed by atoms with Crippen molar-refractivity contribution in [3.63, 3.8) is 0 Å². The summed E-state index contributed by atoms with van der Waals surface area (Å²) in [6.07, 6.45) is 0.434. The summed E-state index contributed by atoms with van der Waals surface area (Å²) in [5.74, 6) is 1.59. The van der Waals surface area contributed by atoms with Gasteiger partial charge < -0.3 is 24.9 Å². The highest BCUT2D eigenvalue weighted by molar-refractivity contribution is 7.92. The minimum absolute atomic E-state index is 0.119. The van der Waals surface area contributed by atoms with Crippen molar-refractivity contribution >= 4 is 37.5 Å². The van der Waals surface area contributed by atoms with Crippen molar-refractivity contribution in [2.45, 2.75) is 26.1 Å². The van der Waals surface area contributed by atoms with Gasteiger partial charge in [0.1, 0.15) is 18.1 Å². The fourth-order valence-electron chi connectivity index (χ4n) is 3.92. The Morgan fingerprint density at radius 3 is 2.34 bits per heavy atom. The second kappa shape index (κ2) is 10.6. The number of aliphatic hydroxyl groups excluding tert-OH is 1. The van der Waals surface area contributed by atoms with Gasteiger partial charge in [0, 0.05) is 41.7 Å². The lowest BCUT2D eigenvalue weighted by Gasteiger charge is -2.14. The van der Waals surface area contributed by atoms with Crippen LogP contribution >= 0.6 is 0 Å². The van der Waals surface area contributed by atoms with Gasteiger partial charge >= 0.3 is 0 Å². The van der Waals surface area contributed by atoms with Crippen molar-refractivity contribution in [1.82, 2.24) is 10.3 Å². The van der Waals surface area contributed by atoms with Gasteiger partial charge in [0.2, 0.25) is 10.0 Å². The number of ether oxygens (including phenoxy) is 2. The second-order valence-electron chi connectivity index (χ2n) is 8.77. The molecule has 3 aromatic carbocycles. The van der Waals surface area contributed by atoms with Crippen LogP contribution in [0.15, 0.2) is 60.7 Å². The molecule has 0 spiro atoms. The number of anilines is 1. The van der Waals surface area contributed by atoms with E-state index >= 15 is 0 Å². The van der Waals surface area contributed by atoms with Gasteiger partial charge in [0.05, 0.1) is 29.5 Å². The van der Waals surface area contributed by atoms with E-state index in [1.807, 2.05) is 44.2 Å². The zero-order chi connectivity index (χ0) is 25.0. The maximum Gasteiger partial charge on any atom is 0.229 e. The molecule has 0 aliphatic rings. The van der Waals surface area contributed by atoms with E-state index in [9.17, 15) is 13.5 Å². The Balaban J connectivity index is 1.30. The van der Waals surface area contributed by atoms with Gasteiger partial charge in [-0.05, 0) is 55.8 Å². The molecule has 0 aliphatic heterocycles. The van der Waals surface area contributed by atoms with Crippen LogP contribution in [0.25, 0.3) is 21.8 Å². The summed E-state index contributed by atoms with van der Waals surface area (Å²) >= 11 is 0. The van der Waals surface area contributed by atoms with Gasteiger partial charge in [0.25, 0.3) is 0 Å². The van der Waals surface area contributed by atoms with E-state index in [0.29, 0.717) is 30.9 Å². The van der Waals surface area contributed by atoms with Gasteiger partial charge in [-0.15, -0.1) is 0 Å². The van der Waals surface area contributed by atoms with Gasteiger partial charge in [-0.1, -0.05) is 12.1 Å². The minimum Gasteiger partial charge on any atom is -0.492 e. The van der Waals surface area contributed by atoms with Crippen LogP contribution in [0.4, 0.5) is 5.69 Å². The number of H-pyrrole nitrogens is 1. The molecule has 0 bridgehead atoms. The highest BCUT2D eigenvalue weighted by Crippen LogP contribution is 2.31. The van der Waals surface area contributed by atoms with E-state index < -0.39 is 16.1 Å². The summed E-state index contributed by atoms with van der Waals surface area (Å²) in [5.41, 5.74) is 3.05. The molecule has 0 fully saturated rings. The van der Waals surface area contributed by atoms with Crippen LogP contribution in [0.3, 0.4) is 0 Å². The van der Waals surface area contributed by atoms with Crippen LogP contribution in [0.1, 0.15) is 25.5 Å². The van der Waals surface area contributed by atoms with E-state index in [4.69, 9.17) is 9.47 Å². The van der Waals surface area contributed by atoms with Crippen LogP contribution in [0.2, 0.25) is 0 Å². The normalized spacial score (nSPS) is 12.8. The molecule has 35 heavy (non-hydrogen) atoms. The first-order valence-electron chi connectivity index (χ1n) is 11.5. The molecule has 1 heterocycles. The Bertz CT molecular complexity index is 1420. The van der Waals surface area contributed by atoms with Crippen LogP contribution in [-0.2, 0) is 10.0 Å². The number of benzene rings is 3. The standard InChI is InChI=1S/C26H31N3O5S/c1-17(2)34-21-8-10-23-22-9-7-20(14-24(22)28-25(23)15-21)33-12-11-27-16-26(30)18-5-4-6-19(13-18)29-35(3,31)32/h4-10,13-15,17,26-30H,11-12,16H2,1-3H3/t26-/m0/s1. The monoisotopic (exact) mass is 497 g/mol. The van der Waals surface area contributed by atoms with E-state index in [-0.39, 0.29) is 6.10 Å². The zero-order valence-corrected chi connectivity index (χ0v) is 20.9. The van der Waals surface area contributed by atoms with Crippen molar-refractivity contribution < 1.29 is 23.0 Å². The first-order valence-corrected chi connectivity index (χ1v) is 13.4. The van der Waals surface area contributed by atoms with Gasteiger partial charge in [-0.2, -0.15) is 0 Å². The van der Waals surface area contributed by atoms with E-state index in [1.165, 1.54) is 0 Å². The summed E-state index contributed by atoms with van der Waals surface area (Å²) in [6, 6.07) is 18.7. The molecule has 4 aromatic rings. The molecule has 186 valence electrons. The molecule has 0 amide bonds. The Morgan fingerprint density at radius 2 is 1.66 bits per heavy atom. The van der Waals surface area contributed by atoms with E-state index in [1.54, 1.807) is 24.3 Å². The first-order chi connectivity index (χ1) is 16.7. The van der Waals surface area contributed by atoms with E-state index in [0.717, 1.165) is 39.6 Å². The zero-order valence-electron chi connectivity index (χ0n) is 20.0. The molecule has 4 rings (SSSR count). The number of hydrogen-bond donors (Lipinski definition) is 4. The smallest absolute Gasteiger partial charge is 0.229 e. The van der Waals surface area contributed by atoms with Crippen molar-refractivity contribution in [1.29, 1.82) is 0 Å². The average molecular weight is 498 g/mol. The molecule has 0 radical (unpaired) electrons. The average Bonchev–Trinajstić information content (AvgIpc) is 3.14. The molecular weight excluding hydrogens is 466 g/mol. The summed E-state index contributed by atoms with van der Waals surface area (Å²) in [6.45, 7) is 5.30. The summed E-state index contributed by atoms with van der Waals surface area (Å²) < 4.78 is 36.9. The second-order valence-corrected chi connectivity index (χ2v) is 10.5. The summed E-state index contributed by atoms with van der Waals surface area (Å²) in [7, 11) is -3.37. The number of sulfonamides is 1. The number of aromatic amines is 1. The minimum atomic E-state index is -3.37. The molecule has 0 saturated carbocycles. The van der Waals surface area contributed by atoms with Crippen molar-refractivity contribution in [2.75, 3.05) is 30.7 Å². The SMILES string of the molecule is CC(C)Oc1ccc2c(c1)[nH]c1cc(OCCNC[C@H](O)c3cccc(NS(C)(=O)=O)c3)ccc12. The molecule has 8 nitrogen and oxygen atoms in total. The third kappa shape index (κ3) is 6.66. The Morgan fingerprint density at radius 1 is 0.971 bits per heavy atom. The molecule has 9 heteroatoms. The Labute approximate surface area is 205 Å². The molecule has 4 N–H and O–H groups in total. The first kappa shape index (κ1) is 24.8. The molecule has 0 saturated heterocycles. The largest absolute Gasteiger partial charge is 0.492 e. The number of fused-ring (bicyclic) bond motifs is 3. The number of aromatic nitrogens is 1. The summed E-state index contributed by atoms with van der Waals surface area (Å²) in [4.78, 5) is 3.43. The highest BCUT2D eigenvalue weighted by Gasteiger charge is 2.10. The van der Waals surface area contributed by atoms with Gasteiger partial charge in [-0.3, -0.25) is 4.72 Å². The van der Waals surface area contributed by atoms with Gasteiger partial charge in [-0.25, -0.2) is 8.42 Å². The molecular formula is C26H31N3O5S. The molecule has 1 aromatic heterocycles. The highest BCUT2D eigenvalue weighted by atomic mass is 32.2. The lowest BCUT2D eigenvalue weighted by Crippen LogP contribution is -2.26. The van der Waals surface area contributed by atoms with Crippen LogP contribution in [0, 0.1) is 0 Å². The topological polar surface area (TPSA) is 113 Å². The van der Waals surface area contributed by atoms with Crippen molar-refractivity contribution in [2.24, 2.45) is 0 Å². The predicted octanol–water partition coefficient (Wildman–Crippen LogP) is 4.18. The van der Waals surface area contributed by atoms with Crippen LogP contribution in [0.5, 0.6) is 11.5 Å². The fourth-order valence-corrected chi connectivity index (χ4v) is 4.48. The predicted molar refractivity (Wildman–Crippen MR) is 140 cm³/mol. The van der Waals surface area contributed by atoms with Gasteiger partial charge in [0.15, 0.2) is 0 Å².